The van der Waals surface area contributed by atoms with Crippen molar-refractivity contribution in [2.75, 3.05) is 24.3 Å². The van der Waals surface area contributed by atoms with Crippen molar-refractivity contribution < 1.29 is 5.11 Å². The fourth-order valence-electron chi connectivity index (χ4n) is 1.11. The summed E-state index contributed by atoms with van der Waals surface area (Å²) in [5.41, 5.74) is -0.334. The zero-order valence-electron chi connectivity index (χ0n) is 9.41. The molecule has 1 heterocycles. The fourth-order valence-corrected chi connectivity index (χ4v) is 1.11. The Morgan fingerprint density at radius 3 is 2.60 bits per heavy atom. The number of aliphatic hydroxyl groups is 1. The van der Waals surface area contributed by atoms with Gasteiger partial charge in [-0.2, -0.15) is 0 Å². The summed E-state index contributed by atoms with van der Waals surface area (Å²) in [6, 6.07) is 1.81. The first-order valence-corrected chi connectivity index (χ1v) is 5.02. The molecular weight excluding hydrogens is 192 g/mol. The predicted molar refractivity (Wildman–Crippen MR) is 61.0 cm³/mol. The van der Waals surface area contributed by atoms with Gasteiger partial charge < -0.3 is 15.7 Å². The molecule has 0 aromatic carbocycles. The Labute approximate surface area is 90.0 Å². The quantitative estimate of drug-likeness (QED) is 0.678. The molecule has 3 N–H and O–H groups in total. The first-order chi connectivity index (χ1) is 7.13. The summed E-state index contributed by atoms with van der Waals surface area (Å²) >= 11 is 0. The Hall–Kier alpha value is -1.36. The van der Waals surface area contributed by atoms with Gasteiger partial charge in [0.2, 0.25) is 0 Å². The lowest BCUT2D eigenvalue weighted by Gasteiger charge is -2.27. The van der Waals surface area contributed by atoms with Gasteiger partial charge in [-0.25, -0.2) is 9.97 Å². The van der Waals surface area contributed by atoms with Crippen molar-refractivity contribution in [3.63, 3.8) is 0 Å². The Balaban J connectivity index is 2.79. The maximum Gasteiger partial charge on any atom is 0.131 e. The lowest BCUT2D eigenvalue weighted by molar-refractivity contribution is 0.218. The number of aromatic nitrogens is 2. The minimum absolute atomic E-state index is 0.0718. The molecule has 0 saturated carbocycles. The maximum absolute atomic E-state index is 9.25. The van der Waals surface area contributed by atoms with Crippen molar-refractivity contribution in [1.82, 2.24) is 9.97 Å². The van der Waals surface area contributed by atoms with Gasteiger partial charge in [0.15, 0.2) is 0 Å². The van der Waals surface area contributed by atoms with E-state index >= 15 is 0 Å². The summed E-state index contributed by atoms with van der Waals surface area (Å²) in [5, 5.41) is 15.4. The fraction of sp³-hybridized carbons (Fsp3) is 0.600. The van der Waals surface area contributed by atoms with E-state index in [0.717, 1.165) is 12.2 Å². The second kappa shape index (κ2) is 4.93. The third-order valence-corrected chi connectivity index (χ3v) is 2.48. The van der Waals surface area contributed by atoms with Crippen molar-refractivity contribution in [2.45, 2.75) is 25.8 Å². The second-order valence-corrected chi connectivity index (χ2v) is 3.74. The van der Waals surface area contributed by atoms with E-state index in [0.29, 0.717) is 5.82 Å². The molecule has 5 heteroatoms. The second-order valence-electron chi connectivity index (χ2n) is 3.74. The highest BCUT2D eigenvalue weighted by molar-refractivity contribution is 5.47. The molecule has 0 aliphatic rings. The summed E-state index contributed by atoms with van der Waals surface area (Å²) in [7, 11) is 1.80. The van der Waals surface area contributed by atoms with E-state index in [2.05, 4.69) is 20.6 Å². The molecule has 1 rings (SSSR count). The van der Waals surface area contributed by atoms with Gasteiger partial charge in [0.25, 0.3) is 0 Å². The standard InChI is InChI=1S/C10H18N4O/c1-4-10(2,6-15)14-9-5-8(11-3)12-7-13-9/h5,7,15H,4,6H2,1-3H3,(H2,11,12,13,14). The van der Waals surface area contributed by atoms with Gasteiger partial charge in [-0.15, -0.1) is 0 Å². The van der Waals surface area contributed by atoms with E-state index in [1.165, 1.54) is 6.33 Å². The van der Waals surface area contributed by atoms with Crippen LogP contribution in [0.5, 0.6) is 0 Å². The monoisotopic (exact) mass is 210 g/mol. The highest BCUT2D eigenvalue weighted by Gasteiger charge is 2.20. The number of hydrogen-bond donors (Lipinski definition) is 3. The molecule has 1 aromatic heterocycles. The summed E-state index contributed by atoms with van der Waals surface area (Å²) in [6.07, 6.45) is 2.31. The number of nitrogens with zero attached hydrogens (tertiary/aromatic N) is 2. The van der Waals surface area contributed by atoms with E-state index < -0.39 is 0 Å². The number of aliphatic hydroxyl groups excluding tert-OH is 1. The van der Waals surface area contributed by atoms with Crippen molar-refractivity contribution >= 4 is 11.6 Å². The molecule has 84 valence electrons. The van der Waals surface area contributed by atoms with E-state index in [9.17, 15) is 5.11 Å². The van der Waals surface area contributed by atoms with Gasteiger partial charge in [-0.05, 0) is 13.3 Å². The van der Waals surface area contributed by atoms with Crippen molar-refractivity contribution in [3.8, 4) is 0 Å². The van der Waals surface area contributed by atoms with Crippen LogP contribution in [0.3, 0.4) is 0 Å². The van der Waals surface area contributed by atoms with Crippen LogP contribution in [0.2, 0.25) is 0 Å². The molecule has 1 atom stereocenters. The molecule has 1 aromatic rings. The topological polar surface area (TPSA) is 70.1 Å². The van der Waals surface area contributed by atoms with Crippen molar-refractivity contribution in [1.29, 1.82) is 0 Å². The summed E-state index contributed by atoms with van der Waals surface area (Å²) in [5.74, 6) is 1.47. The van der Waals surface area contributed by atoms with Crippen molar-refractivity contribution in [3.05, 3.63) is 12.4 Å². The van der Waals surface area contributed by atoms with Gasteiger partial charge >= 0.3 is 0 Å². The number of rotatable bonds is 5. The van der Waals surface area contributed by atoms with Crippen molar-refractivity contribution in [2.24, 2.45) is 0 Å². The molecule has 1 unspecified atom stereocenters. The van der Waals surface area contributed by atoms with E-state index in [1.807, 2.05) is 19.9 Å². The van der Waals surface area contributed by atoms with Crippen LogP contribution in [-0.4, -0.2) is 34.3 Å². The molecule has 0 aliphatic heterocycles. The predicted octanol–water partition coefficient (Wildman–Crippen LogP) is 1.09. The van der Waals surface area contributed by atoms with E-state index in [4.69, 9.17) is 0 Å². The van der Waals surface area contributed by atoms with Crippen LogP contribution >= 0.6 is 0 Å². The molecule has 0 spiro atoms. The van der Waals surface area contributed by atoms with Crippen LogP contribution in [0.4, 0.5) is 11.6 Å². The van der Waals surface area contributed by atoms with E-state index in [-0.39, 0.29) is 12.1 Å². The van der Waals surface area contributed by atoms with Gasteiger partial charge in [-0.1, -0.05) is 6.92 Å². The summed E-state index contributed by atoms with van der Waals surface area (Å²) in [4.78, 5) is 8.11. The normalized spacial score (nSPS) is 14.4. The summed E-state index contributed by atoms with van der Waals surface area (Å²) < 4.78 is 0. The third kappa shape index (κ3) is 3.06. The summed E-state index contributed by atoms with van der Waals surface area (Å²) in [6.45, 7) is 4.04. The zero-order valence-corrected chi connectivity index (χ0v) is 9.41. The first-order valence-electron chi connectivity index (χ1n) is 5.02. The largest absolute Gasteiger partial charge is 0.394 e. The lowest BCUT2D eigenvalue weighted by atomic mass is 10.0. The molecule has 0 saturated heterocycles. The lowest BCUT2D eigenvalue weighted by Crippen LogP contribution is -2.38. The Bertz CT molecular complexity index is 312. The minimum atomic E-state index is -0.334. The Morgan fingerprint density at radius 2 is 2.07 bits per heavy atom. The average Bonchev–Trinajstić information content (AvgIpc) is 2.29. The number of anilines is 2. The van der Waals surface area contributed by atoms with Gasteiger partial charge in [0.1, 0.15) is 18.0 Å². The molecule has 15 heavy (non-hydrogen) atoms. The highest BCUT2D eigenvalue weighted by atomic mass is 16.3. The molecule has 0 amide bonds. The smallest absolute Gasteiger partial charge is 0.131 e. The maximum atomic E-state index is 9.25. The third-order valence-electron chi connectivity index (χ3n) is 2.48. The molecule has 0 fully saturated rings. The minimum Gasteiger partial charge on any atom is -0.394 e. The molecule has 5 nitrogen and oxygen atoms in total. The first kappa shape index (κ1) is 11.7. The molecule has 0 aliphatic carbocycles. The SMILES string of the molecule is CCC(C)(CO)Nc1cc(NC)ncn1. The molecule has 0 radical (unpaired) electrons. The van der Waals surface area contributed by atoms with Crippen LogP contribution in [0.25, 0.3) is 0 Å². The zero-order chi connectivity index (χ0) is 11.3. The van der Waals surface area contributed by atoms with Crippen LogP contribution in [0, 0.1) is 0 Å². The number of nitrogens with one attached hydrogen (secondary N) is 2. The van der Waals surface area contributed by atoms with Crippen LogP contribution in [-0.2, 0) is 0 Å². The van der Waals surface area contributed by atoms with Crippen LogP contribution in [0.15, 0.2) is 12.4 Å². The van der Waals surface area contributed by atoms with Gasteiger partial charge in [0, 0.05) is 13.1 Å². The molecule has 0 bridgehead atoms. The van der Waals surface area contributed by atoms with Gasteiger partial charge in [-0.3, -0.25) is 0 Å². The Morgan fingerprint density at radius 1 is 1.40 bits per heavy atom. The Kier molecular flexibility index (Phi) is 3.85. The van der Waals surface area contributed by atoms with Gasteiger partial charge in [0.05, 0.1) is 12.1 Å². The van der Waals surface area contributed by atoms with Crippen LogP contribution < -0.4 is 10.6 Å². The highest BCUT2D eigenvalue weighted by Crippen LogP contribution is 2.17. The van der Waals surface area contributed by atoms with Crippen LogP contribution in [0.1, 0.15) is 20.3 Å². The average molecular weight is 210 g/mol. The number of hydrogen-bond acceptors (Lipinski definition) is 5. The molecular formula is C10H18N4O. The van der Waals surface area contributed by atoms with E-state index in [1.54, 1.807) is 7.05 Å².